The first-order valence-corrected chi connectivity index (χ1v) is 10.6. The van der Waals surface area contributed by atoms with Gasteiger partial charge in [-0.25, -0.2) is 9.59 Å². The van der Waals surface area contributed by atoms with Gasteiger partial charge >= 0.3 is 12.1 Å². The van der Waals surface area contributed by atoms with E-state index in [1.165, 1.54) is 16.7 Å². The summed E-state index contributed by atoms with van der Waals surface area (Å²) in [4.78, 5) is 38.5. The van der Waals surface area contributed by atoms with Crippen LogP contribution in [0.4, 0.5) is 10.5 Å². The summed E-state index contributed by atoms with van der Waals surface area (Å²) in [7, 11) is 0. The molecular weight excluding hydrogens is 404 g/mol. The number of hydrogen-bond donors (Lipinski definition) is 2. The van der Waals surface area contributed by atoms with E-state index in [4.69, 9.17) is 16.3 Å². The van der Waals surface area contributed by atoms with E-state index < -0.39 is 35.7 Å². The number of carbonyl (C=O) groups excluding carboxylic acids is 2. The third-order valence-corrected chi connectivity index (χ3v) is 5.03. The highest BCUT2D eigenvalue weighted by molar-refractivity contribution is 7.98. The Morgan fingerprint density at radius 1 is 1.39 bits per heavy atom. The number of carboxylic acid groups (broad SMARTS) is 1. The summed E-state index contributed by atoms with van der Waals surface area (Å²) in [5.74, 6) is -0.972. The molecule has 0 spiro atoms. The Morgan fingerprint density at radius 3 is 2.64 bits per heavy atom. The third kappa shape index (κ3) is 5.54. The monoisotopic (exact) mass is 428 g/mol. The number of carboxylic acids is 1. The molecule has 0 unspecified atom stereocenters. The number of nitrogens with zero attached hydrogens (tertiary/aromatic N) is 1. The Hall–Kier alpha value is -1.93. The Bertz CT molecular complexity index is 765. The number of ether oxygens (including phenoxy) is 1. The van der Waals surface area contributed by atoms with Crippen LogP contribution in [-0.4, -0.2) is 52.8 Å². The van der Waals surface area contributed by atoms with Crippen molar-refractivity contribution in [2.45, 2.75) is 51.3 Å². The van der Waals surface area contributed by atoms with E-state index in [1.54, 1.807) is 39.0 Å². The predicted octanol–water partition coefficient (Wildman–Crippen LogP) is 3.33. The van der Waals surface area contributed by atoms with Gasteiger partial charge in [-0.1, -0.05) is 11.6 Å². The summed E-state index contributed by atoms with van der Waals surface area (Å²) in [5, 5.41) is 12.7. The Morgan fingerprint density at radius 2 is 2.07 bits per heavy atom. The van der Waals surface area contributed by atoms with Crippen LogP contribution in [0.25, 0.3) is 0 Å². The first kappa shape index (κ1) is 22.4. The predicted molar refractivity (Wildman–Crippen MR) is 110 cm³/mol. The minimum absolute atomic E-state index is 0.165. The van der Waals surface area contributed by atoms with Gasteiger partial charge in [-0.15, -0.1) is 0 Å². The van der Waals surface area contributed by atoms with E-state index in [0.717, 1.165) is 0 Å². The first-order chi connectivity index (χ1) is 13.0. The van der Waals surface area contributed by atoms with Crippen LogP contribution in [0.2, 0.25) is 5.02 Å². The fraction of sp³-hybridized carbons (Fsp3) is 0.526. The maximum Gasteiger partial charge on any atom is 0.408 e. The van der Waals surface area contributed by atoms with Crippen LogP contribution >= 0.6 is 23.4 Å². The normalized spacial score (nSPS) is 17.0. The average molecular weight is 429 g/mol. The molecule has 2 N–H and O–H groups in total. The second-order valence-corrected chi connectivity index (χ2v) is 8.94. The van der Waals surface area contributed by atoms with Crippen LogP contribution in [0.3, 0.4) is 0 Å². The number of thioether (sulfide) groups is 1. The van der Waals surface area contributed by atoms with Crippen molar-refractivity contribution in [3.63, 3.8) is 0 Å². The first-order valence-electron chi connectivity index (χ1n) is 8.86. The molecule has 0 saturated carbocycles. The van der Waals surface area contributed by atoms with Crippen molar-refractivity contribution in [1.82, 2.24) is 5.32 Å². The molecule has 0 fully saturated rings. The molecule has 1 aliphatic heterocycles. The van der Waals surface area contributed by atoms with Crippen LogP contribution in [0.5, 0.6) is 0 Å². The highest BCUT2D eigenvalue weighted by Crippen LogP contribution is 2.35. The van der Waals surface area contributed by atoms with Crippen molar-refractivity contribution in [3.8, 4) is 0 Å². The standard InChI is InChI=1S/C19H25ClN2O5S/c1-19(2,3)27-18(26)21-13(7-8-28-4)16(23)22-14-6-5-12(20)9-11(14)10-15(22)17(24)25/h5-6,9,13,15H,7-8,10H2,1-4H3,(H,21,26)(H,24,25)/t13-,15+/m0/s1. The van der Waals surface area contributed by atoms with Crippen molar-refractivity contribution in [2.75, 3.05) is 16.9 Å². The van der Waals surface area contributed by atoms with E-state index in [0.29, 0.717) is 28.4 Å². The van der Waals surface area contributed by atoms with Gasteiger partial charge in [0.15, 0.2) is 0 Å². The van der Waals surface area contributed by atoms with E-state index in [-0.39, 0.29) is 6.42 Å². The minimum Gasteiger partial charge on any atom is -0.480 e. The number of nitrogens with one attached hydrogen (secondary N) is 1. The molecule has 2 rings (SSSR count). The van der Waals surface area contributed by atoms with E-state index >= 15 is 0 Å². The van der Waals surface area contributed by atoms with Crippen molar-refractivity contribution < 1.29 is 24.2 Å². The molecule has 0 aliphatic carbocycles. The van der Waals surface area contributed by atoms with Gasteiger partial charge in [0.1, 0.15) is 17.7 Å². The van der Waals surface area contributed by atoms with Gasteiger partial charge in [-0.2, -0.15) is 11.8 Å². The van der Waals surface area contributed by atoms with E-state index in [1.807, 2.05) is 6.26 Å². The smallest absolute Gasteiger partial charge is 0.408 e. The van der Waals surface area contributed by atoms with Gasteiger partial charge in [-0.05, 0) is 63.0 Å². The molecule has 0 bridgehead atoms. The molecular formula is C19H25ClN2O5S. The molecule has 9 heteroatoms. The van der Waals surface area contributed by atoms with Gasteiger partial charge in [0.2, 0.25) is 0 Å². The molecule has 28 heavy (non-hydrogen) atoms. The van der Waals surface area contributed by atoms with Crippen molar-refractivity contribution in [2.24, 2.45) is 0 Å². The van der Waals surface area contributed by atoms with Crippen LogP contribution in [0.15, 0.2) is 18.2 Å². The second-order valence-electron chi connectivity index (χ2n) is 7.52. The van der Waals surface area contributed by atoms with Crippen LogP contribution in [-0.2, 0) is 20.7 Å². The molecule has 0 saturated heterocycles. The number of amides is 2. The number of alkyl carbamates (subject to hydrolysis) is 1. The molecule has 1 heterocycles. The van der Waals surface area contributed by atoms with Gasteiger partial charge in [0, 0.05) is 17.1 Å². The molecule has 154 valence electrons. The molecule has 1 aromatic rings. The second kappa shape index (κ2) is 9.05. The maximum absolute atomic E-state index is 13.3. The molecule has 2 atom stereocenters. The highest BCUT2D eigenvalue weighted by atomic mass is 35.5. The summed E-state index contributed by atoms with van der Waals surface area (Å²) >= 11 is 7.54. The van der Waals surface area contributed by atoms with Crippen molar-refractivity contribution in [1.29, 1.82) is 0 Å². The number of anilines is 1. The number of fused-ring (bicyclic) bond motifs is 1. The largest absolute Gasteiger partial charge is 0.480 e. The van der Waals surface area contributed by atoms with Crippen LogP contribution < -0.4 is 10.2 Å². The SMILES string of the molecule is CSCC[C@H](NC(=O)OC(C)(C)C)C(=O)N1c2ccc(Cl)cc2C[C@@H]1C(=O)O. The molecule has 7 nitrogen and oxygen atoms in total. The molecule has 2 amide bonds. The number of halogens is 1. The quantitative estimate of drug-likeness (QED) is 0.721. The van der Waals surface area contributed by atoms with Crippen molar-refractivity contribution >= 4 is 47.0 Å². The lowest BCUT2D eigenvalue weighted by molar-refractivity contribution is -0.140. The Kier molecular flexibility index (Phi) is 7.22. The summed E-state index contributed by atoms with van der Waals surface area (Å²) in [6, 6.07) is 2.97. The fourth-order valence-corrected chi connectivity index (χ4v) is 3.67. The summed E-state index contributed by atoms with van der Waals surface area (Å²) in [5.41, 5.74) is 0.480. The topological polar surface area (TPSA) is 95.9 Å². The summed E-state index contributed by atoms with van der Waals surface area (Å²) in [6.45, 7) is 5.19. The zero-order valence-electron chi connectivity index (χ0n) is 16.3. The van der Waals surface area contributed by atoms with E-state index in [9.17, 15) is 19.5 Å². The van der Waals surface area contributed by atoms with Gasteiger partial charge in [0.25, 0.3) is 5.91 Å². The number of benzene rings is 1. The van der Waals surface area contributed by atoms with Gasteiger partial charge < -0.3 is 15.2 Å². The molecule has 1 aromatic carbocycles. The van der Waals surface area contributed by atoms with E-state index in [2.05, 4.69) is 5.32 Å². The number of hydrogen-bond acceptors (Lipinski definition) is 5. The van der Waals surface area contributed by atoms with Crippen LogP contribution in [0.1, 0.15) is 32.8 Å². The van der Waals surface area contributed by atoms with Gasteiger partial charge in [-0.3, -0.25) is 9.69 Å². The zero-order valence-corrected chi connectivity index (χ0v) is 17.9. The lowest BCUT2D eigenvalue weighted by Gasteiger charge is -2.29. The number of aliphatic carboxylic acids is 1. The molecule has 0 radical (unpaired) electrons. The van der Waals surface area contributed by atoms with Crippen LogP contribution in [0, 0.1) is 0 Å². The lowest BCUT2D eigenvalue weighted by Crippen LogP contribution is -2.53. The summed E-state index contributed by atoms with van der Waals surface area (Å²) in [6.07, 6.45) is 1.70. The third-order valence-electron chi connectivity index (χ3n) is 4.15. The number of carbonyl (C=O) groups is 3. The Balaban J connectivity index is 2.30. The number of rotatable bonds is 6. The maximum atomic E-state index is 13.3. The van der Waals surface area contributed by atoms with Crippen molar-refractivity contribution in [3.05, 3.63) is 28.8 Å². The van der Waals surface area contributed by atoms with Gasteiger partial charge in [0.05, 0.1) is 0 Å². The summed E-state index contributed by atoms with van der Waals surface area (Å²) < 4.78 is 5.26. The molecule has 0 aromatic heterocycles. The average Bonchev–Trinajstić information content (AvgIpc) is 2.95. The lowest BCUT2D eigenvalue weighted by atomic mass is 10.1. The highest BCUT2D eigenvalue weighted by Gasteiger charge is 2.41. The minimum atomic E-state index is -1.11. The molecule has 1 aliphatic rings. The fourth-order valence-electron chi connectivity index (χ4n) is 3.00. The Labute approximate surface area is 173 Å². The zero-order chi connectivity index (χ0) is 21.1.